The SMILES string of the molecule is Cc1nc(CC(=O)Nc2ccc(C)c(Br)c2)no1. The van der Waals surface area contributed by atoms with Crippen LogP contribution in [0.1, 0.15) is 17.3 Å². The zero-order valence-electron chi connectivity index (χ0n) is 10.0. The van der Waals surface area contributed by atoms with Crippen molar-refractivity contribution >= 4 is 27.5 Å². The number of aryl methyl sites for hydroxylation is 2. The zero-order chi connectivity index (χ0) is 13.1. The van der Waals surface area contributed by atoms with E-state index in [2.05, 4.69) is 31.4 Å². The minimum absolute atomic E-state index is 0.100. The summed E-state index contributed by atoms with van der Waals surface area (Å²) in [6, 6.07) is 5.63. The summed E-state index contributed by atoms with van der Waals surface area (Å²) in [6.45, 7) is 3.67. The number of benzene rings is 1. The first kappa shape index (κ1) is 12.8. The van der Waals surface area contributed by atoms with Gasteiger partial charge < -0.3 is 9.84 Å². The number of hydrogen-bond acceptors (Lipinski definition) is 4. The molecule has 6 heteroatoms. The number of halogens is 1. The third kappa shape index (κ3) is 3.16. The molecular formula is C12H12BrN3O2. The lowest BCUT2D eigenvalue weighted by atomic mass is 10.2. The van der Waals surface area contributed by atoms with Crippen LogP contribution in [0.2, 0.25) is 0 Å². The second-order valence-electron chi connectivity index (χ2n) is 3.92. The molecule has 0 atom stereocenters. The lowest BCUT2D eigenvalue weighted by molar-refractivity contribution is -0.115. The van der Waals surface area contributed by atoms with Crippen LogP contribution in [0.15, 0.2) is 27.2 Å². The molecule has 0 spiro atoms. The quantitative estimate of drug-likeness (QED) is 0.946. The lowest BCUT2D eigenvalue weighted by Crippen LogP contribution is -2.15. The smallest absolute Gasteiger partial charge is 0.232 e. The molecule has 0 saturated carbocycles. The highest BCUT2D eigenvalue weighted by molar-refractivity contribution is 9.10. The van der Waals surface area contributed by atoms with Crippen LogP contribution >= 0.6 is 15.9 Å². The fraction of sp³-hybridized carbons (Fsp3) is 0.250. The first-order valence-electron chi connectivity index (χ1n) is 5.40. The van der Waals surface area contributed by atoms with Gasteiger partial charge >= 0.3 is 0 Å². The van der Waals surface area contributed by atoms with Gasteiger partial charge in [-0.15, -0.1) is 0 Å². The molecule has 1 heterocycles. The molecule has 18 heavy (non-hydrogen) atoms. The molecule has 0 radical (unpaired) electrons. The van der Waals surface area contributed by atoms with Gasteiger partial charge in [0.1, 0.15) is 0 Å². The highest BCUT2D eigenvalue weighted by Gasteiger charge is 2.09. The van der Waals surface area contributed by atoms with Crippen molar-refractivity contribution in [3.05, 3.63) is 40.0 Å². The van der Waals surface area contributed by atoms with Crippen molar-refractivity contribution in [2.45, 2.75) is 20.3 Å². The van der Waals surface area contributed by atoms with Crippen LogP contribution in [0.4, 0.5) is 5.69 Å². The Hall–Kier alpha value is -1.69. The van der Waals surface area contributed by atoms with Gasteiger partial charge in [0.2, 0.25) is 11.8 Å². The summed E-state index contributed by atoms with van der Waals surface area (Å²) in [4.78, 5) is 15.7. The number of hydrogen-bond donors (Lipinski definition) is 1. The van der Waals surface area contributed by atoms with Crippen LogP contribution in [0, 0.1) is 13.8 Å². The molecule has 2 aromatic rings. The topological polar surface area (TPSA) is 68.0 Å². The molecule has 0 saturated heterocycles. The molecule has 0 fully saturated rings. The van der Waals surface area contributed by atoms with Gasteiger partial charge in [-0.1, -0.05) is 27.2 Å². The van der Waals surface area contributed by atoms with Crippen molar-refractivity contribution in [1.29, 1.82) is 0 Å². The highest BCUT2D eigenvalue weighted by atomic mass is 79.9. The molecule has 0 aliphatic carbocycles. The monoisotopic (exact) mass is 309 g/mol. The van der Waals surface area contributed by atoms with E-state index in [1.807, 2.05) is 25.1 Å². The summed E-state index contributed by atoms with van der Waals surface area (Å²) >= 11 is 3.42. The molecule has 1 aromatic heterocycles. The zero-order valence-corrected chi connectivity index (χ0v) is 11.6. The molecule has 2 rings (SSSR count). The Morgan fingerprint density at radius 3 is 2.83 bits per heavy atom. The molecule has 5 nitrogen and oxygen atoms in total. The average Bonchev–Trinajstić information content (AvgIpc) is 2.69. The first-order chi connectivity index (χ1) is 8.54. The molecule has 0 bridgehead atoms. The Kier molecular flexibility index (Phi) is 3.76. The Labute approximate surface area is 113 Å². The summed E-state index contributed by atoms with van der Waals surface area (Å²) in [5.74, 6) is 0.665. The van der Waals surface area contributed by atoms with Crippen LogP contribution in [-0.2, 0) is 11.2 Å². The predicted octanol–water partition coefficient (Wildman–Crippen LogP) is 2.63. The van der Waals surface area contributed by atoms with Gasteiger partial charge in [0.05, 0.1) is 6.42 Å². The molecule has 1 N–H and O–H groups in total. The predicted molar refractivity (Wildman–Crippen MR) is 70.2 cm³/mol. The molecule has 94 valence electrons. The van der Waals surface area contributed by atoms with Crippen molar-refractivity contribution in [3.8, 4) is 0 Å². The van der Waals surface area contributed by atoms with Crippen LogP contribution in [0.3, 0.4) is 0 Å². The van der Waals surface area contributed by atoms with E-state index in [-0.39, 0.29) is 12.3 Å². The molecule has 0 aliphatic heterocycles. The van der Waals surface area contributed by atoms with Gasteiger partial charge in [-0.05, 0) is 24.6 Å². The number of nitrogens with zero attached hydrogens (tertiary/aromatic N) is 2. The van der Waals surface area contributed by atoms with E-state index in [1.165, 1.54) is 0 Å². The summed E-state index contributed by atoms with van der Waals surface area (Å²) in [6.07, 6.45) is 0.100. The largest absolute Gasteiger partial charge is 0.340 e. The number of anilines is 1. The number of amides is 1. The molecule has 1 aromatic carbocycles. The van der Waals surface area contributed by atoms with Gasteiger partial charge in [-0.2, -0.15) is 4.98 Å². The summed E-state index contributed by atoms with van der Waals surface area (Å²) < 4.78 is 5.76. The van der Waals surface area contributed by atoms with E-state index in [1.54, 1.807) is 6.92 Å². The lowest BCUT2D eigenvalue weighted by Gasteiger charge is -2.05. The maximum atomic E-state index is 11.7. The maximum absolute atomic E-state index is 11.7. The number of nitrogens with one attached hydrogen (secondary N) is 1. The molecular weight excluding hydrogens is 298 g/mol. The Morgan fingerprint density at radius 1 is 1.44 bits per heavy atom. The summed E-state index contributed by atoms with van der Waals surface area (Å²) in [5, 5.41) is 6.45. The normalized spacial score (nSPS) is 10.4. The van der Waals surface area contributed by atoms with E-state index >= 15 is 0 Å². The van der Waals surface area contributed by atoms with Gasteiger partial charge in [-0.3, -0.25) is 4.79 Å². The van der Waals surface area contributed by atoms with Crippen LogP contribution in [0.5, 0.6) is 0 Å². The van der Waals surface area contributed by atoms with Crippen LogP contribution < -0.4 is 5.32 Å². The van der Waals surface area contributed by atoms with E-state index in [0.29, 0.717) is 11.7 Å². The second kappa shape index (κ2) is 5.30. The molecule has 0 aliphatic rings. The molecule has 1 amide bonds. The number of carbonyl (C=O) groups is 1. The van der Waals surface area contributed by atoms with Crippen molar-refractivity contribution in [1.82, 2.24) is 10.1 Å². The third-order valence-corrected chi connectivity index (χ3v) is 3.20. The molecule has 0 unspecified atom stereocenters. The number of aromatic nitrogens is 2. The fourth-order valence-electron chi connectivity index (χ4n) is 1.43. The van der Waals surface area contributed by atoms with Crippen molar-refractivity contribution in [2.75, 3.05) is 5.32 Å². The average molecular weight is 310 g/mol. The third-order valence-electron chi connectivity index (χ3n) is 2.34. The van der Waals surface area contributed by atoms with Crippen molar-refractivity contribution < 1.29 is 9.32 Å². The van der Waals surface area contributed by atoms with Crippen LogP contribution in [0.25, 0.3) is 0 Å². The van der Waals surface area contributed by atoms with E-state index in [0.717, 1.165) is 15.7 Å². The minimum atomic E-state index is -0.174. The summed E-state index contributed by atoms with van der Waals surface area (Å²) in [7, 11) is 0. The van der Waals surface area contributed by atoms with Gasteiger partial charge in [-0.25, -0.2) is 0 Å². The van der Waals surface area contributed by atoms with E-state index in [4.69, 9.17) is 4.52 Å². The number of rotatable bonds is 3. The Balaban J connectivity index is 2.00. The van der Waals surface area contributed by atoms with E-state index < -0.39 is 0 Å². The maximum Gasteiger partial charge on any atom is 0.232 e. The first-order valence-corrected chi connectivity index (χ1v) is 6.19. The van der Waals surface area contributed by atoms with Crippen molar-refractivity contribution in [2.24, 2.45) is 0 Å². The minimum Gasteiger partial charge on any atom is -0.340 e. The fourth-order valence-corrected chi connectivity index (χ4v) is 1.81. The van der Waals surface area contributed by atoms with Crippen LogP contribution in [-0.4, -0.2) is 16.0 Å². The Morgan fingerprint density at radius 2 is 2.22 bits per heavy atom. The summed E-state index contributed by atoms with van der Waals surface area (Å²) in [5.41, 5.74) is 1.85. The van der Waals surface area contributed by atoms with Crippen molar-refractivity contribution in [3.63, 3.8) is 0 Å². The standard InChI is InChI=1S/C12H12BrN3O2/c1-7-3-4-9(5-10(7)13)15-12(17)6-11-14-8(2)18-16-11/h3-5H,6H2,1-2H3,(H,15,17). The van der Waals surface area contributed by atoms with Gasteiger partial charge in [0.25, 0.3) is 0 Å². The van der Waals surface area contributed by atoms with Gasteiger partial charge in [0.15, 0.2) is 5.82 Å². The van der Waals surface area contributed by atoms with Gasteiger partial charge in [0, 0.05) is 17.1 Å². The number of carbonyl (C=O) groups excluding carboxylic acids is 1. The highest BCUT2D eigenvalue weighted by Crippen LogP contribution is 2.20. The Bertz CT molecular complexity index is 580. The second-order valence-corrected chi connectivity index (χ2v) is 4.77. The van der Waals surface area contributed by atoms with E-state index in [9.17, 15) is 4.79 Å².